The lowest BCUT2D eigenvalue weighted by molar-refractivity contribution is -0.153. The second-order valence-corrected chi connectivity index (χ2v) is 6.36. The van der Waals surface area contributed by atoms with Gasteiger partial charge in [-0.1, -0.05) is 18.2 Å². The molecule has 2 aromatic rings. The van der Waals surface area contributed by atoms with Crippen molar-refractivity contribution in [1.82, 2.24) is 0 Å². The van der Waals surface area contributed by atoms with E-state index in [2.05, 4.69) is 0 Å². The minimum atomic E-state index is -4.49. The fraction of sp³-hybridized carbons (Fsp3) is 0.333. The van der Waals surface area contributed by atoms with Gasteiger partial charge in [-0.05, 0) is 49.2 Å². The zero-order valence-electron chi connectivity index (χ0n) is 16.1. The number of benzene rings is 2. The number of hydrogen-bond acceptors (Lipinski definition) is 4. The molecule has 0 aliphatic carbocycles. The average Bonchev–Trinajstić information content (AvgIpc) is 2.67. The fourth-order valence-corrected chi connectivity index (χ4v) is 2.52. The van der Waals surface area contributed by atoms with Crippen molar-refractivity contribution in [3.8, 4) is 17.6 Å². The number of aryl methyl sites for hydroxylation is 2. The Morgan fingerprint density at radius 1 is 1.07 bits per heavy atom. The molecule has 2 rings (SSSR count). The molecule has 29 heavy (non-hydrogen) atoms. The summed E-state index contributed by atoms with van der Waals surface area (Å²) in [6, 6.07) is 13.3. The van der Waals surface area contributed by atoms with Crippen molar-refractivity contribution in [3.63, 3.8) is 0 Å². The Balaban J connectivity index is 2.12. The van der Waals surface area contributed by atoms with Crippen molar-refractivity contribution in [1.29, 1.82) is 5.26 Å². The van der Waals surface area contributed by atoms with Gasteiger partial charge in [-0.25, -0.2) is 0 Å². The Hall–Kier alpha value is -3.21. The molecule has 0 heterocycles. The Morgan fingerprint density at radius 2 is 1.72 bits per heavy atom. The van der Waals surface area contributed by atoms with Gasteiger partial charge in [0.2, 0.25) is 0 Å². The topological polar surface area (TPSA) is 62.6 Å². The molecule has 0 aromatic heterocycles. The van der Waals surface area contributed by atoms with Crippen LogP contribution in [-0.4, -0.2) is 31.8 Å². The Labute approximate surface area is 167 Å². The first kappa shape index (κ1) is 22.1. The number of amides is 1. The molecular formula is C21H21F3N2O3. The molecule has 0 aliphatic rings. The van der Waals surface area contributed by atoms with Gasteiger partial charge in [0.05, 0.1) is 12.5 Å². The highest BCUT2D eigenvalue weighted by Crippen LogP contribution is 2.28. The number of ether oxygens (including phenoxy) is 2. The lowest BCUT2D eigenvalue weighted by atomic mass is 10.1. The van der Waals surface area contributed by atoms with Gasteiger partial charge in [0, 0.05) is 12.2 Å². The van der Waals surface area contributed by atoms with Crippen LogP contribution in [0.3, 0.4) is 0 Å². The number of para-hydroxylation sites is 2. The maximum absolute atomic E-state index is 12.7. The summed E-state index contributed by atoms with van der Waals surface area (Å²) in [5.74, 6) is -0.494. The summed E-state index contributed by atoms with van der Waals surface area (Å²) in [5.41, 5.74) is 2.68. The number of carbonyl (C=O) groups excluding carboxylic acids is 1. The van der Waals surface area contributed by atoms with Gasteiger partial charge >= 0.3 is 6.18 Å². The molecule has 0 N–H and O–H groups in total. The number of nitrogens with zero attached hydrogens (tertiary/aromatic N) is 2. The van der Waals surface area contributed by atoms with Gasteiger partial charge in [-0.2, -0.15) is 18.4 Å². The number of nitriles is 1. The normalized spacial score (nSPS) is 10.9. The van der Waals surface area contributed by atoms with Crippen LogP contribution < -0.4 is 14.4 Å². The van der Waals surface area contributed by atoms with Crippen LogP contribution >= 0.6 is 0 Å². The highest BCUT2D eigenvalue weighted by Gasteiger charge is 2.29. The minimum Gasteiger partial charge on any atom is -0.480 e. The smallest absolute Gasteiger partial charge is 0.422 e. The van der Waals surface area contributed by atoms with Gasteiger partial charge < -0.3 is 14.4 Å². The molecule has 0 bridgehead atoms. The van der Waals surface area contributed by atoms with Crippen molar-refractivity contribution < 1.29 is 27.4 Å². The number of halogens is 3. The van der Waals surface area contributed by atoms with E-state index in [1.807, 2.05) is 32.0 Å². The van der Waals surface area contributed by atoms with E-state index in [1.54, 1.807) is 12.1 Å². The van der Waals surface area contributed by atoms with E-state index < -0.39 is 25.3 Å². The number of carbonyl (C=O) groups is 1. The highest BCUT2D eigenvalue weighted by atomic mass is 19.4. The van der Waals surface area contributed by atoms with Crippen molar-refractivity contribution >= 4 is 11.6 Å². The van der Waals surface area contributed by atoms with Crippen molar-refractivity contribution in [3.05, 3.63) is 53.6 Å². The Morgan fingerprint density at radius 3 is 2.31 bits per heavy atom. The van der Waals surface area contributed by atoms with Crippen LogP contribution in [-0.2, 0) is 4.79 Å². The number of alkyl halides is 3. The molecular weight excluding hydrogens is 385 g/mol. The Kier molecular flexibility index (Phi) is 7.48. The number of anilines is 1. The molecule has 0 saturated heterocycles. The first-order valence-corrected chi connectivity index (χ1v) is 8.87. The number of hydrogen-bond donors (Lipinski definition) is 0. The van der Waals surface area contributed by atoms with Crippen LogP contribution in [0, 0.1) is 25.2 Å². The summed E-state index contributed by atoms with van der Waals surface area (Å²) in [6.07, 6.45) is -4.36. The van der Waals surface area contributed by atoms with Gasteiger partial charge in [0.1, 0.15) is 0 Å². The quantitative estimate of drug-likeness (QED) is 0.644. The maximum Gasteiger partial charge on any atom is 0.422 e. The molecule has 0 fully saturated rings. The monoisotopic (exact) mass is 406 g/mol. The van der Waals surface area contributed by atoms with E-state index in [9.17, 15) is 18.0 Å². The lowest BCUT2D eigenvalue weighted by Crippen LogP contribution is -2.35. The minimum absolute atomic E-state index is 0.0328. The van der Waals surface area contributed by atoms with Gasteiger partial charge in [0.25, 0.3) is 5.91 Å². The van der Waals surface area contributed by atoms with Crippen LogP contribution in [0.1, 0.15) is 17.5 Å². The van der Waals surface area contributed by atoms with Crippen LogP contribution in [0.4, 0.5) is 18.9 Å². The van der Waals surface area contributed by atoms with Crippen LogP contribution in [0.25, 0.3) is 0 Å². The highest BCUT2D eigenvalue weighted by molar-refractivity contribution is 5.94. The third-order valence-electron chi connectivity index (χ3n) is 4.14. The zero-order valence-corrected chi connectivity index (χ0v) is 16.1. The first-order valence-electron chi connectivity index (χ1n) is 8.87. The third-order valence-corrected chi connectivity index (χ3v) is 4.14. The molecule has 0 spiro atoms. The molecule has 1 amide bonds. The summed E-state index contributed by atoms with van der Waals surface area (Å²) < 4.78 is 47.4. The average molecular weight is 406 g/mol. The zero-order chi connectivity index (χ0) is 21.4. The summed E-state index contributed by atoms with van der Waals surface area (Å²) in [5, 5.41) is 8.88. The van der Waals surface area contributed by atoms with E-state index >= 15 is 0 Å². The van der Waals surface area contributed by atoms with Crippen LogP contribution in [0.5, 0.6) is 11.5 Å². The molecule has 8 heteroatoms. The van der Waals surface area contributed by atoms with E-state index in [4.69, 9.17) is 14.7 Å². The van der Waals surface area contributed by atoms with Gasteiger partial charge in [0.15, 0.2) is 24.7 Å². The molecule has 154 valence electrons. The lowest BCUT2D eigenvalue weighted by Gasteiger charge is -2.23. The predicted octanol–water partition coefficient (Wildman–Crippen LogP) is 4.57. The maximum atomic E-state index is 12.7. The van der Waals surface area contributed by atoms with Crippen LogP contribution in [0.15, 0.2) is 42.5 Å². The second-order valence-electron chi connectivity index (χ2n) is 6.36. The first-order chi connectivity index (χ1) is 13.7. The molecule has 0 atom stereocenters. The summed E-state index contributed by atoms with van der Waals surface area (Å²) in [6.45, 7) is 2.16. The van der Waals surface area contributed by atoms with E-state index in [0.29, 0.717) is 5.69 Å². The van der Waals surface area contributed by atoms with Crippen LogP contribution in [0.2, 0.25) is 0 Å². The second kappa shape index (κ2) is 9.82. The molecule has 0 radical (unpaired) electrons. The van der Waals surface area contributed by atoms with Gasteiger partial charge in [-0.15, -0.1) is 0 Å². The third kappa shape index (κ3) is 6.71. The van der Waals surface area contributed by atoms with E-state index in [0.717, 1.165) is 11.1 Å². The number of rotatable bonds is 8. The molecule has 0 aliphatic heterocycles. The van der Waals surface area contributed by atoms with E-state index in [-0.39, 0.29) is 24.5 Å². The summed E-state index contributed by atoms with van der Waals surface area (Å²) in [7, 11) is 0. The van der Waals surface area contributed by atoms with E-state index in [1.165, 1.54) is 23.1 Å². The molecule has 0 saturated carbocycles. The Bertz CT molecular complexity index is 891. The molecule has 5 nitrogen and oxygen atoms in total. The molecule has 2 aromatic carbocycles. The summed E-state index contributed by atoms with van der Waals surface area (Å²) >= 11 is 0. The van der Waals surface area contributed by atoms with Gasteiger partial charge in [-0.3, -0.25) is 4.79 Å². The summed E-state index contributed by atoms with van der Waals surface area (Å²) in [4.78, 5) is 14.1. The van der Waals surface area contributed by atoms with Crippen molar-refractivity contribution in [2.75, 3.05) is 24.7 Å². The largest absolute Gasteiger partial charge is 0.480 e. The molecule has 0 unspecified atom stereocenters. The standard InChI is InChI=1S/C21H21F3N2O3/c1-15-8-9-17(12-16(15)2)26(11-5-10-25)20(27)13-28-18-6-3-4-7-19(18)29-14-21(22,23)24/h3-4,6-9,12H,5,11,13-14H2,1-2H3. The van der Waals surface area contributed by atoms with Crippen molar-refractivity contribution in [2.45, 2.75) is 26.4 Å². The fourth-order valence-electron chi connectivity index (χ4n) is 2.52. The predicted molar refractivity (Wildman–Crippen MR) is 102 cm³/mol. The van der Waals surface area contributed by atoms with Crippen molar-refractivity contribution in [2.24, 2.45) is 0 Å². The SMILES string of the molecule is Cc1ccc(N(CCC#N)C(=O)COc2ccccc2OCC(F)(F)F)cc1C.